The van der Waals surface area contributed by atoms with Crippen molar-refractivity contribution >= 4 is 17.8 Å². The fourth-order valence-electron chi connectivity index (χ4n) is 2.43. The van der Waals surface area contributed by atoms with E-state index in [0.29, 0.717) is 11.7 Å². The molecule has 0 fully saturated rings. The molecule has 0 aliphatic rings. The number of aromatic nitrogens is 2. The molecular weight excluding hydrogens is 342 g/mol. The van der Waals surface area contributed by atoms with Gasteiger partial charge in [0.1, 0.15) is 11.5 Å². The number of fused-ring (bicyclic) bond motifs is 1. The lowest BCUT2D eigenvalue weighted by molar-refractivity contribution is -0.138. The number of anilines is 1. The third-order valence-corrected chi connectivity index (χ3v) is 3.52. The molecule has 2 aromatic heterocycles. The van der Waals surface area contributed by atoms with Crippen LogP contribution in [0.3, 0.4) is 0 Å². The number of benzene rings is 1. The molecule has 1 N–H and O–H groups in total. The van der Waals surface area contributed by atoms with E-state index < -0.39 is 17.6 Å². The molecule has 0 aliphatic carbocycles. The van der Waals surface area contributed by atoms with Crippen molar-refractivity contribution in [1.29, 1.82) is 0 Å². The number of nitrogens with zero attached hydrogens (tertiary/aromatic N) is 2. The Morgan fingerprint density at radius 2 is 2.04 bits per heavy atom. The van der Waals surface area contributed by atoms with E-state index in [-0.39, 0.29) is 30.1 Å². The molecule has 25 heavy (non-hydrogen) atoms. The second-order valence-electron chi connectivity index (χ2n) is 5.07. The molecule has 0 atom stereocenters. The van der Waals surface area contributed by atoms with E-state index in [1.165, 1.54) is 16.7 Å². The van der Waals surface area contributed by atoms with Crippen LogP contribution >= 0.6 is 0 Å². The highest BCUT2D eigenvalue weighted by molar-refractivity contribution is 5.63. The molecule has 0 bridgehead atoms. The van der Waals surface area contributed by atoms with Gasteiger partial charge in [-0.15, -0.1) is 0 Å². The minimum absolute atomic E-state index is 0.0840. The maximum absolute atomic E-state index is 13.2. The third-order valence-electron chi connectivity index (χ3n) is 3.52. The van der Waals surface area contributed by atoms with Crippen molar-refractivity contribution in [3.05, 3.63) is 59.7 Å². The molecule has 130 valence electrons. The molecule has 0 spiro atoms. The van der Waals surface area contributed by atoms with Gasteiger partial charge in [-0.25, -0.2) is 9.37 Å². The number of nitrogens with one attached hydrogen (secondary N) is 1. The van der Waals surface area contributed by atoms with E-state index in [2.05, 4.69) is 10.3 Å². The summed E-state index contributed by atoms with van der Waals surface area (Å²) in [6.45, 7) is -0.0382. The van der Waals surface area contributed by atoms with Gasteiger partial charge in [-0.3, -0.25) is 9.20 Å². The minimum atomic E-state index is -4.68. The lowest BCUT2D eigenvalue weighted by Crippen LogP contribution is -2.13. The summed E-state index contributed by atoms with van der Waals surface area (Å²) in [5, 5.41) is 2.77. The van der Waals surface area contributed by atoms with Crippen molar-refractivity contribution in [2.45, 2.75) is 12.7 Å². The fourth-order valence-corrected chi connectivity index (χ4v) is 2.43. The summed E-state index contributed by atoms with van der Waals surface area (Å²) in [4.78, 5) is 14.7. The van der Waals surface area contributed by atoms with Crippen molar-refractivity contribution < 1.29 is 27.1 Å². The molecule has 9 heteroatoms. The molecule has 2 heterocycles. The number of hydrogen-bond acceptors (Lipinski definition) is 4. The Morgan fingerprint density at radius 3 is 2.76 bits per heavy atom. The lowest BCUT2D eigenvalue weighted by atomic mass is 10.1. The van der Waals surface area contributed by atoms with Crippen molar-refractivity contribution in [3.63, 3.8) is 0 Å². The highest BCUT2D eigenvalue weighted by atomic mass is 19.4. The number of carbonyl (C=O) groups is 1. The molecule has 3 rings (SSSR count). The van der Waals surface area contributed by atoms with Crippen molar-refractivity contribution in [3.8, 4) is 5.88 Å². The maximum Gasteiger partial charge on any atom is 0.416 e. The summed E-state index contributed by atoms with van der Waals surface area (Å²) < 4.78 is 58.7. The second kappa shape index (κ2) is 6.42. The summed E-state index contributed by atoms with van der Waals surface area (Å²) >= 11 is 0. The molecule has 3 aromatic rings. The van der Waals surface area contributed by atoms with Gasteiger partial charge >= 0.3 is 6.18 Å². The zero-order chi connectivity index (χ0) is 18.0. The van der Waals surface area contributed by atoms with E-state index in [4.69, 9.17) is 4.74 Å². The van der Waals surface area contributed by atoms with E-state index in [1.54, 1.807) is 12.3 Å². The van der Waals surface area contributed by atoms with Crippen LogP contribution in [0, 0.1) is 5.82 Å². The molecule has 0 saturated carbocycles. The maximum atomic E-state index is 13.2. The van der Waals surface area contributed by atoms with Crippen molar-refractivity contribution in [2.75, 3.05) is 5.32 Å². The Bertz CT molecular complexity index is 921. The number of hydrogen-bond donors (Lipinski definition) is 1. The van der Waals surface area contributed by atoms with Crippen LogP contribution in [0.4, 0.5) is 23.2 Å². The Hall–Kier alpha value is -3.10. The van der Waals surface area contributed by atoms with Gasteiger partial charge < -0.3 is 10.1 Å². The molecule has 0 amide bonds. The largest absolute Gasteiger partial charge is 0.416 e. The van der Waals surface area contributed by atoms with Gasteiger partial charge in [-0.2, -0.15) is 13.2 Å². The summed E-state index contributed by atoms with van der Waals surface area (Å²) in [6.07, 6.45) is -1.66. The predicted molar refractivity (Wildman–Crippen MR) is 80.6 cm³/mol. The average molecular weight is 353 g/mol. The van der Waals surface area contributed by atoms with E-state index in [1.807, 2.05) is 0 Å². The average Bonchev–Trinajstić information content (AvgIpc) is 3.03. The zero-order valence-electron chi connectivity index (χ0n) is 12.5. The number of halogens is 4. The van der Waals surface area contributed by atoms with Crippen molar-refractivity contribution in [2.24, 2.45) is 0 Å². The Kier molecular flexibility index (Phi) is 4.30. The van der Waals surface area contributed by atoms with Gasteiger partial charge in [0, 0.05) is 18.9 Å². The first-order valence-electron chi connectivity index (χ1n) is 7.06. The molecule has 0 aliphatic heterocycles. The lowest BCUT2D eigenvalue weighted by Gasteiger charge is -2.16. The quantitative estimate of drug-likeness (QED) is 0.562. The predicted octanol–water partition coefficient (Wildman–Crippen LogP) is 3.64. The van der Waals surface area contributed by atoms with Crippen LogP contribution in [-0.2, 0) is 17.5 Å². The zero-order valence-corrected chi connectivity index (χ0v) is 12.5. The van der Waals surface area contributed by atoms with Crippen LogP contribution in [0.5, 0.6) is 5.88 Å². The molecular formula is C16H11F4N3O2. The van der Waals surface area contributed by atoms with Crippen LogP contribution in [-0.4, -0.2) is 15.9 Å². The smallest absolute Gasteiger partial charge is 0.409 e. The Morgan fingerprint density at radius 1 is 1.24 bits per heavy atom. The third kappa shape index (κ3) is 3.39. The number of imidazole rings is 1. The number of alkyl halides is 3. The Balaban J connectivity index is 1.93. The van der Waals surface area contributed by atoms with Gasteiger partial charge in [-0.05, 0) is 29.8 Å². The van der Waals surface area contributed by atoms with Gasteiger partial charge in [0.25, 0.3) is 6.47 Å². The van der Waals surface area contributed by atoms with Crippen LogP contribution < -0.4 is 10.1 Å². The van der Waals surface area contributed by atoms with Crippen molar-refractivity contribution in [1.82, 2.24) is 9.38 Å². The molecule has 0 unspecified atom stereocenters. The van der Waals surface area contributed by atoms with Crippen LogP contribution in [0.15, 0.2) is 42.7 Å². The first-order valence-corrected chi connectivity index (χ1v) is 7.06. The van der Waals surface area contributed by atoms with Crippen LogP contribution in [0.2, 0.25) is 0 Å². The van der Waals surface area contributed by atoms with E-state index in [0.717, 1.165) is 12.1 Å². The van der Waals surface area contributed by atoms with Gasteiger partial charge in [0.15, 0.2) is 0 Å². The highest BCUT2D eigenvalue weighted by Crippen LogP contribution is 2.33. The first kappa shape index (κ1) is 16.7. The number of pyridine rings is 1. The van der Waals surface area contributed by atoms with Crippen LogP contribution in [0.1, 0.15) is 11.1 Å². The fraction of sp³-hybridized carbons (Fsp3) is 0.125. The number of ether oxygens (including phenoxy) is 1. The summed E-state index contributed by atoms with van der Waals surface area (Å²) in [7, 11) is 0. The van der Waals surface area contributed by atoms with E-state index in [9.17, 15) is 22.4 Å². The topological polar surface area (TPSA) is 55.6 Å². The molecule has 0 saturated heterocycles. The molecule has 5 nitrogen and oxygen atoms in total. The number of rotatable bonds is 5. The standard InChI is InChI=1S/C16H11F4N3O2/c17-11-2-1-10(12(7-11)16(18,19)20)8-22-13-3-4-14-21-5-6-23(14)15(13)25-9-24/h1-7,9,22H,8H2. The van der Waals surface area contributed by atoms with E-state index >= 15 is 0 Å². The summed E-state index contributed by atoms with van der Waals surface area (Å²) in [6, 6.07) is 5.58. The van der Waals surface area contributed by atoms with Crippen LogP contribution in [0.25, 0.3) is 5.65 Å². The second-order valence-corrected chi connectivity index (χ2v) is 5.07. The van der Waals surface area contributed by atoms with Gasteiger partial charge in [0.2, 0.25) is 5.88 Å². The minimum Gasteiger partial charge on any atom is -0.409 e. The Labute approximate surface area is 138 Å². The summed E-state index contributed by atoms with van der Waals surface area (Å²) in [5.74, 6) is -0.887. The molecule has 1 aromatic carbocycles. The number of carbonyl (C=O) groups excluding carboxylic acids is 1. The normalized spacial score (nSPS) is 11.5. The highest BCUT2D eigenvalue weighted by Gasteiger charge is 2.33. The monoisotopic (exact) mass is 353 g/mol. The SMILES string of the molecule is O=COc1c(NCc2ccc(F)cc2C(F)(F)F)ccc2nccn12. The van der Waals surface area contributed by atoms with Gasteiger partial charge in [0.05, 0.1) is 11.3 Å². The first-order chi connectivity index (χ1) is 11.9. The summed E-state index contributed by atoms with van der Waals surface area (Å²) in [5.41, 5.74) is -0.423. The van der Waals surface area contributed by atoms with Gasteiger partial charge in [-0.1, -0.05) is 6.07 Å². The molecule has 0 radical (unpaired) electrons.